The summed E-state index contributed by atoms with van der Waals surface area (Å²) in [6.07, 6.45) is 0. The number of hydrogen-bond acceptors (Lipinski definition) is 2. The zero-order chi connectivity index (χ0) is 8.97. The molecule has 1 N–H and O–H groups in total. The molecule has 0 aliphatic heterocycles. The van der Waals surface area contributed by atoms with Crippen LogP contribution in [0.1, 0.15) is 0 Å². The predicted octanol–water partition coefficient (Wildman–Crippen LogP) is 2.12. The molecule has 0 spiro atoms. The van der Waals surface area contributed by atoms with Crippen molar-refractivity contribution in [1.29, 1.82) is 0 Å². The standard InChI is InChI=1S/C9H12N2S/c1-11(2)9-5-3-4-8(6-9)10-7-12/h3-7H,1-2H3,(H,10,12). The fraction of sp³-hybridized carbons (Fsp3) is 0.222. The Bertz CT molecular complexity index is 271. The summed E-state index contributed by atoms with van der Waals surface area (Å²) < 4.78 is 0. The van der Waals surface area contributed by atoms with Gasteiger partial charge in [-0.05, 0) is 18.2 Å². The number of hydrogen-bond donors (Lipinski definition) is 1. The van der Waals surface area contributed by atoms with Crippen LogP contribution in [0.5, 0.6) is 0 Å². The van der Waals surface area contributed by atoms with Crippen LogP contribution in [0.2, 0.25) is 0 Å². The molecule has 0 saturated heterocycles. The Labute approximate surface area is 78.2 Å². The molecule has 2 nitrogen and oxygen atoms in total. The maximum absolute atomic E-state index is 4.69. The number of nitrogens with zero attached hydrogens (tertiary/aromatic N) is 1. The largest absolute Gasteiger partial charge is 0.378 e. The number of rotatable bonds is 3. The van der Waals surface area contributed by atoms with E-state index in [4.69, 9.17) is 12.2 Å². The van der Waals surface area contributed by atoms with Gasteiger partial charge < -0.3 is 10.2 Å². The van der Waals surface area contributed by atoms with Crippen LogP contribution in [0.4, 0.5) is 11.4 Å². The van der Waals surface area contributed by atoms with E-state index in [1.54, 1.807) is 0 Å². The molecule has 1 aromatic rings. The molecule has 0 fully saturated rings. The number of anilines is 2. The molecule has 0 aliphatic rings. The highest BCUT2D eigenvalue weighted by molar-refractivity contribution is 7.79. The minimum atomic E-state index is 1.02. The molecular weight excluding hydrogens is 168 g/mol. The Hall–Kier alpha value is -1.09. The molecule has 0 unspecified atom stereocenters. The lowest BCUT2D eigenvalue weighted by molar-refractivity contribution is 1.13. The number of thiocarbonyl (C=S) groups is 1. The molecule has 0 aromatic heterocycles. The van der Waals surface area contributed by atoms with Crippen LogP contribution in [0.25, 0.3) is 0 Å². The van der Waals surface area contributed by atoms with Gasteiger partial charge in [0, 0.05) is 25.5 Å². The maximum Gasteiger partial charge on any atom is 0.0658 e. The lowest BCUT2D eigenvalue weighted by atomic mass is 10.2. The van der Waals surface area contributed by atoms with Crippen LogP contribution in [0, 0.1) is 0 Å². The summed E-state index contributed by atoms with van der Waals surface area (Å²) in [7, 11) is 4.02. The van der Waals surface area contributed by atoms with Crippen LogP contribution in [-0.4, -0.2) is 19.6 Å². The van der Waals surface area contributed by atoms with E-state index >= 15 is 0 Å². The van der Waals surface area contributed by atoms with Crippen LogP contribution < -0.4 is 10.2 Å². The van der Waals surface area contributed by atoms with E-state index < -0.39 is 0 Å². The van der Waals surface area contributed by atoms with Crippen molar-refractivity contribution in [3.8, 4) is 0 Å². The maximum atomic E-state index is 4.69. The third-order valence-electron chi connectivity index (χ3n) is 1.59. The van der Waals surface area contributed by atoms with Gasteiger partial charge in [-0.1, -0.05) is 18.3 Å². The molecule has 0 bridgehead atoms. The Morgan fingerprint density at radius 1 is 1.42 bits per heavy atom. The van der Waals surface area contributed by atoms with Crippen LogP contribution in [-0.2, 0) is 0 Å². The minimum Gasteiger partial charge on any atom is -0.378 e. The van der Waals surface area contributed by atoms with Crippen molar-refractivity contribution >= 4 is 29.1 Å². The molecular formula is C9H12N2S. The van der Waals surface area contributed by atoms with Crippen molar-refractivity contribution < 1.29 is 0 Å². The topological polar surface area (TPSA) is 15.3 Å². The predicted molar refractivity (Wildman–Crippen MR) is 58.0 cm³/mol. The van der Waals surface area contributed by atoms with Gasteiger partial charge in [-0.25, -0.2) is 0 Å². The molecule has 64 valence electrons. The summed E-state index contributed by atoms with van der Waals surface area (Å²) in [5.74, 6) is 0. The van der Waals surface area contributed by atoms with Crippen LogP contribution in [0.15, 0.2) is 24.3 Å². The van der Waals surface area contributed by atoms with E-state index in [0.717, 1.165) is 11.4 Å². The fourth-order valence-corrected chi connectivity index (χ4v) is 1.08. The highest BCUT2D eigenvalue weighted by Crippen LogP contribution is 2.16. The highest BCUT2D eigenvalue weighted by Gasteiger charge is 1.94. The van der Waals surface area contributed by atoms with Crippen molar-refractivity contribution in [2.45, 2.75) is 0 Å². The average Bonchev–Trinajstić information content (AvgIpc) is 2.05. The first-order valence-corrected chi connectivity index (χ1v) is 4.19. The zero-order valence-corrected chi connectivity index (χ0v) is 8.06. The van der Waals surface area contributed by atoms with Gasteiger partial charge in [-0.2, -0.15) is 0 Å². The SMILES string of the molecule is CN(C)c1cccc(NC=S)c1. The zero-order valence-electron chi connectivity index (χ0n) is 7.24. The van der Waals surface area contributed by atoms with Gasteiger partial charge in [0.25, 0.3) is 0 Å². The van der Waals surface area contributed by atoms with Gasteiger partial charge in [-0.3, -0.25) is 0 Å². The highest BCUT2D eigenvalue weighted by atomic mass is 32.1. The second-order valence-electron chi connectivity index (χ2n) is 2.71. The second kappa shape index (κ2) is 4.07. The quantitative estimate of drug-likeness (QED) is 0.717. The first kappa shape index (κ1) is 9.00. The molecule has 0 atom stereocenters. The van der Waals surface area contributed by atoms with Gasteiger partial charge in [0.15, 0.2) is 0 Å². The first-order chi connectivity index (χ1) is 5.74. The van der Waals surface area contributed by atoms with E-state index in [-0.39, 0.29) is 0 Å². The van der Waals surface area contributed by atoms with Gasteiger partial charge in [0.05, 0.1) is 5.49 Å². The summed E-state index contributed by atoms with van der Waals surface area (Å²) in [6, 6.07) is 8.07. The van der Waals surface area contributed by atoms with Crippen molar-refractivity contribution in [3.63, 3.8) is 0 Å². The summed E-state index contributed by atoms with van der Waals surface area (Å²) in [4.78, 5) is 2.05. The van der Waals surface area contributed by atoms with Gasteiger partial charge in [-0.15, -0.1) is 0 Å². The van der Waals surface area contributed by atoms with Crippen molar-refractivity contribution in [2.75, 3.05) is 24.3 Å². The molecule has 1 rings (SSSR count). The van der Waals surface area contributed by atoms with Gasteiger partial charge in [0.1, 0.15) is 0 Å². The van der Waals surface area contributed by atoms with E-state index in [0.29, 0.717) is 0 Å². The molecule has 0 amide bonds. The Kier molecular flexibility index (Phi) is 3.05. The minimum absolute atomic E-state index is 1.02. The fourth-order valence-electron chi connectivity index (χ4n) is 0.942. The lowest BCUT2D eigenvalue weighted by Crippen LogP contribution is -2.08. The Morgan fingerprint density at radius 3 is 2.75 bits per heavy atom. The van der Waals surface area contributed by atoms with Crippen molar-refractivity contribution in [2.24, 2.45) is 0 Å². The first-order valence-electron chi connectivity index (χ1n) is 3.71. The smallest absolute Gasteiger partial charge is 0.0658 e. The summed E-state index contributed by atoms with van der Waals surface area (Å²) in [5.41, 5.74) is 3.70. The summed E-state index contributed by atoms with van der Waals surface area (Å²) in [6.45, 7) is 0. The van der Waals surface area contributed by atoms with Gasteiger partial charge >= 0.3 is 0 Å². The van der Waals surface area contributed by atoms with Crippen LogP contribution >= 0.6 is 12.2 Å². The van der Waals surface area contributed by atoms with Crippen molar-refractivity contribution in [3.05, 3.63) is 24.3 Å². The number of benzene rings is 1. The molecule has 3 heteroatoms. The molecule has 0 radical (unpaired) electrons. The third kappa shape index (κ3) is 2.20. The molecule has 0 saturated carbocycles. The Morgan fingerprint density at radius 2 is 2.17 bits per heavy atom. The Balaban J connectivity index is 2.87. The van der Waals surface area contributed by atoms with Crippen LogP contribution in [0.3, 0.4) is 0 Å². The average molecular weight is 180 g/mol. The normalized spacial score (nSPS) is 9.17. The third-order valence-corrected chi connectivity index (χ3v) is 1.71. The van der Waals surface area contributed by atoms with E-state index in [1.165, 1.54) is 5.49 Å². The molecule has 1 aromatic carbocycles. The lowest BCUT2D eigenvalue weighted by Gasteiger charge is -2.13. The number of nitrogens with one attached hydrogen (secondary N) is 1. The van der Waals surface area contributed by atoms with E-state index in [9.17, 15) is 0 Å². The molecule has 0 aliphatic carbocycles. The monoisotopic (exact) mass is 180 g/mol. The summed E-state index contributed by atoms with van der Waals surface area (Å²) >= 11 is 4.69. The molecule has 0 heterocycles. The van der Waals surface area contributed by atoms with E-state index in [1.807, 2.05) is 32.3 Å². The van der Waals surface area contributed by atoms with Gasteiger partial charge in [0.2, 0.25) is 0 Å². The molecule has 12 heavy (non-hydrogen) atoms. The van der Waals surface area contributed by atoms with E-state index in [2.05, 4.69) is 16.3 Å². The summed E-state index contributed by atoms with van der Waals surface area (Å²) in [5, 5.41) is 2.97. The second-order valence-corrected chi connectivity index (χ2v) is 2.94. The van der Waals surface area contributed by atoms with Crippen molar-refractivity contribution in [1.82, 2.24) is 0 Å².